The lowest BCUT2D eigenvalue weighted by atomic mass is 10.4. The van der Waals surface area contributed by atoms with Gasteiger partial charge in [-0.3, -0.25) is 0 Å². The van der Waals surface area contributed by atoms with Crippen molar-refractivity contribution in [2.45, 2.75) is 6.10 Å². The third kappa shape index (κ3) is 5.11. The number of rotatable bonds is 2. The average Bonchev–Trinajstić information content (AvgIpc) is 2.12. The first-order valence-corrected chi connectivity index (χ1v) is 3.00. The highest BCUT2D eigenvalue weighted by Crippen LogP contribution is 2.11. The Bertz CT molecular complexity index is 85.5. The lowest BCUT2D eigenvalue weighted by molar-refractivity contribution is -0.870. The molecule has 0 spiro atoms. The Morgan fingerprint density at radius 3 is 2.00 bits per heavy atom. The molecule has 1 aliphatic rings. The van der Waals surface area contributed by atoms with Gasteiger partial charge in [0.15, 0.2) is 0 Å². The van der Waals surface area contributed by atoms with E-state index in [-0.39, 0.29) is 24.0 Å². The fourth-order valence-corrected chi connectivity index (χ4v) is 0.784. The van der Waals surface area contributed by atoms with E-state index in [2.05, 4.69) is 21.1 Å². The van der Waals surface area contributed by atoms with Crippen molar-refractivity contribution >= 4 is 0 Å². The number of halogens is 1. The molecule has 0 aromatic rings. The van der Waals surface area contributed by atoms with Gasteiger partial charge in [-0.1, -0.05) is 0 Å². The molecule has 9 heavy (non-hydrogen) atoms. The standard InChI is InChI=1S/C6H14NO.HI/c1-7(2,3)4-6-5-8-6;/h6H,4-5H2,1-3H3;1H/q+1;/p-1. The normalized spacial score (nSPS) is 25.0. The molecule has 0 saturated carbocycles. The zero-order valence-corrected chi connectivity index (χ0v) is 8.38. The molecule has 0 radical (unpaired) electrons. The van der Waals surface area contributed by atoms with Crippen molar-refractivity contribution in [3.63, 3.8) is 0 Å². The first-order chi connectivity index (χ1) is 3.58. The van der Waals surface area contributed by atoms with Crippen molar-refractivity contribution in [2.75, 3.05) is 34.3 Å². The minimum absolute atomic E-state index is 0. The summed E-state index contributed by atoms with van der Waals surface area (Å²) in [5, 5.41) is 0. The van der Waals surface area contributed by atoms with E-state index in [0.29, 0.717) is 6.10 Å². The third-order valence-electron chi connectivity index (χ3n) is 1.15. The molecule has 1 aliphatic heterocycles. The highest BCUT2D eigenvalue weighted by molar-refractivity contribution is 4.66. The molecule has 1 heterocycles. The minimum atomic E-state index is 0. The molecule has 0 aromatic carbocycles. The van der Waals surface area contributed by atoms with Crippen LogP contribution in [0.25, 0.3) is 0 Å². The molecule has 56 valence electrons. The SMILES string of the molecule is C[N+](C)(C)CC1CO1.[I-]. The Balaban J connectivity index is 0.000000640. The molecule has 3 heteroatoms. The second-order valence-corrected chi connectivity index (χ2v) is 3.43. The zero-order valence-electron chi connectivity index (χ0n) is 6.22. The van der Waals surface area contributed by atoms with E-state index in [1.165, 1.54) is 0 Å². The van der Waals surface area contributed by atoms with Crippen molar-refractivity contribution in [3.05, 3.63) is 0 Å². The lowest BCUT2D eigenvalue weighted by Gasteiger charge is -2.22. The Hall–Kier alpha value is 0.650. The van der Waals surface area contributed by atoms with E-state index in [0.717, 1.165) is 17.6 Å². The maximum atomic E-state index is 5.07. The van der Waals surface area contributed by atoms with Crippen LogP contribution in [0.2, 0.25) is 0 Å². The van der Waals surface area contributed by atoms with Crippen molar-refractivity contribution in [1.29, 1.82) is 0 Å². The smallest absolute Gasteiger partial charge is 0.130 e. The molecular weight excluding hydrogens is 229 g/mol. The van der Waals surface area contributed by atoms with Gasteiger partial charge in [0.1, 0.15) is 12.6 Å². The van der Waals surface area contributed by atoms with E-state index < -0.39 is 0 Å². The molecule has 1 saturated heterocycles. The summed E-state index contributed by atoms with van der Waals surface area (Å²) in [6, 6.07) is 0. The molecule has 1 fully saturated rings. The van der Waals surface area contributed by atoms with Gasteiger partial charge in [-0.15, -0.1) is 0 Å². The zero-order chi connectivity index (χ0) is 6.20. The predicted molar refractivity (Wildman–Crippen MR) is 32.6 cm³/mol. The third-order valence-corrected chi connectivity index (χ3v) is 1.15. The molecule has 2 nitrogen and oxygen atoms in total. The number of nitrogens with zero attached hydrogens (tertiary/aromatic N) is 1. The van der Waals surface area contributed by atoms with Crippen LogP contribution in [0, 0.1) is 0 Å². The molecular formula is C6H14INO. The molecule has 1 rings (SSSR count). The number of ether oxygens (including phenoxy) is 1. The van der Waals surface area contributed by atoms with Crippen LogP contribution >= 0.6 is 0 Å². The summed E-state index contributed by atoms with van der Waals surface area (Å²) in [5.74, 6) is 0. The Morgan fingerprint density at radius 1 is 1.44 bits per heavy atom. The average molecular weight is 243 g/mol. The first-order valence-electron chi connectivity index (χ1n) is 3.00. The maximum absolute atomic E-state index is 5.07. The van der Waals surface area contributed by atoms with Crippen LogP contribution in [0.4, 0.5) is 0 Å². The minimum Gasteiger partial charge on any atom is -1.00 e. The van der Waals surface area contributed by atoms with Gasteiger partial charge in [-0.25, -0.2) is 0 Å². The summed E-state index contributed by atoms with van der Waals surface area (Å²) in [6.45, 7) is 2.13. The summed E-state index contributed by atoms with van der Waals surface area (Å²) in [5.41, 5.74) is 0. The van der Waals surface area contributed by atoms with Gasteiger partial charge in [-0.2, -0.15) is 0 Å². The van der Waals surface area contributed by atoms with Gasteiger partial charge in [0, 0.05) is 0 Å². The largest absolute Gasteiger partial charge is 1.00 e. The topological polar surface area (TPSA) is 12.5 Å². The fraction of sp³-hybridized carbons (Fsp3) is 1.00. The molecule has 1 unspecified atom stereocenters. The summed E-state index contributed by atoms with van der Waals surface area (Å²) in [7, 11) is 6.55. The lowest BCUT2D eigenvalue weighted by Crippen LogP contribution is -3.00. The van der Waals surface area contributed by atoms with Crippen LogP contribution in [0.3, 0.4) is 0 Å². The van der Waals surface area contributed by atoms with Gasteiger partial charge < -0.3 is 33.2 Å². The highest BCUT2D eigenvalue weighted by atomic mass is 127. The number of quaternary nitrogens is 1. The van der Waals surface area contributed by atoms with Crippen LogP contribution < -0.4 is 24.0 Å². The Labute approximate surface area is 73.8 Å². The first kappa shape index (κ1) is 9.65. The fourth-order valence-electron chi connectivity index (χ4n) is 0.784. The van der Waals surface area contributed by atoms with Crippen LogP contribution in [-0.4, -0.2) is 44.9 Å². The highest BCUT2D eigenvalue weighted by Gasteiger charge is 2.28. The number of likely N-dealkylation sites (N-methyl/N-ethyl adjacent to an activating group) is 1. The summed E-state index contributed by atoms with van der Waals surface area (Å²) in [6.07, 6.45) is 0.565. The van der Waals surface area contributed by atoms with Crippen LogP contribution in [0.5, 0.6) is 0 Å². The van der Waals surface area contributed by atoms with Gasteiger partial charge >= 0.3 is 0 Å². The van der Waals surface area contributed by atoms with Crippen LogP contribution in [0.15, 0.2) is 0 Å². The quantitative estimate of drug-likeness (QED) is 0.288. The van der Waals surface area contributed by atoms with Crippen molar-refractivity contribution in [3.8, 4) is 0 Å². The van der Waals surface area contributed by atoms with Gasteiger partial charge in [0.25, 0.3) is 0 Å². The van der Waals surface area contributed by atoms with Gasteiger partial charge in [-0.05, 0) is 0 Å². The van der Waals surface area contributed by atoms with Crippen molar-refractivity contribution in [2.24, 2.45) is 0 Å². The Kier molecular flexibility index (Phi) is 3.39. The van der Waals surface area contributed by atoms with Crippen LogP contribution in [0.1, 0.15) is 0 Å². The summed E-state index contributed by atoms with van der Waals surface area (Å²) in [4.78, 5) is 0. The predicted octanol–water partition coefficient (Wildman–Crippen LogP) is -2.90. The number of hydrogen-bond donors (Lipinski definition) is 0. The maximum Gasteiger partial charge on any atom is 0.130 e. The number of epoxide rings is 1. The van der Waals surface area contributed by atoms with Crippen LogP contribution in [-0.2, 0) is 4.74 Å². The molecule has 0 N–H and O–H groups in total. The Morgan fingerprint density at radius 2 is 1.89 bits per heavy atom. The molecule has 0 aromatic heterocycles. The van der Waals surface area contributed by atoms with Gasteiger partial charge in [0.2, 0.25) is 0 Å². The van der Waals surface area contributed by atoms with E-state index >= 15 is 0 Å². The van der Waals surface area contributed by atoms with E-state index in [1.807, 2.05) is 0 Å². The second kappa shape index (κ2) is 3.16. The molecule has 0 bridgehead atoms. The second-order valence-electron chi connectivity index (χ2n) is 3.43. The molecule has 0 amide bonds. The summed E-state index contributed by atoms with van der Waals surface area (Å²) < 4.78 is 6.09. The van der Waals surface area contributed by atoms with Gasteiger partial charge in [0.05, 0.1) is 27.7 Å². The monoisotopic (exact) mass is 243 g/mol. The summed E-state index contributed by atoms with van der Waals surface area (Å²) >= 11 is 0. The molecule has 0 aliphatic carbocycles. The number of hydrogen-bond acceptors (Lipinski definition) is 1. The van der Waals surface area contributed by atoms with E-state index in [9.17, 15) is 0 Å². The van der Waals surface area contributed by atoms with E-state index in [4.69, 9.17) is 4.74 Å². The van der Waals surface area contributed by atoms with Crippen molar-refractivity contribution < 1.29 is 33.2 Å². The molecule has 1 atom stereocenters. The van der Waals surface area contributed by atoms with Crippen molar-refractivity contribution in [1.82, 2.24) is 0 Å². The van der Waals surface area contributed by atoms with E-state index in [1.54, 1.807) is 0 Å².